The van der Waals surface area contributed by atoms with Crippen LogP contribution < -0.4 is 5.32 Å². The second kappa shape index (κ2) is 16.7. The standard InChI is InChI=1S/C43H62IN7O4Si2/c1-40(2,3)55-39(52)48-43(44,23-17-25-53-56(11,12)41(4,5)6)37-20-16-19-34(47-37)30-26-32(35-22-24-50(10)49-35)33-28-45-51(36(33)27-30)38-21-15-18-31(46-38)29-54-57(13,14)42(7,8)9/h15-16,18-22,24,26-28H,17,23,25,29H2,1-14H3,(H,48,52)/t43-/m1/s1. The van der Waals surface area contributed by atoms with E-state index in [-0.39, 0.29) is 10.1 Å². The van der Waals surface area contributed by atoms with Gasteiger partial charge in [0.05, 0.1) is 41.1 Å². The Bertz CT molecular complexity index is 2200. The number of nitrogens with zero attached hydrogens (tertiary/aromatic N) is 6. The molecule has 11 nitrogen and oxygen atoms in total. The highest BCUT2D eigenvalue weighted by atomic mass is 127. The van der Waals surface area contributed by atoms with E-state index in [2.05, 4.69) is 108 Å². The largest absolute Gasteiger partial charge is 0.444 e. The van der Waals surface area contributed by atoms with Gasteiger partial charge in [0.25, 0.3) is 0 Å². The molecule has 1 atom stereocenters. The number of alkyl carbamates (subject to hydrolysis) is 1. The molecule has 4 aromatic heterocycles. The molecule has 1 amide bonds. The van der Waals surface area contributed by atoms with Crippen LogP contribution in [-0.2, 0) is 30.8 Å². The number of pyridine rings is 2. The van der Waals surface area contributed by atoms with Gasteiger partial charge in [0, 0.05) is 36.4 Å². The van der Waals surface area contributed by atoms with Gasteiger partial charge < -0.3 is 18.9 Å². The molecule has 0 aliphatic rings. The number of carbonyl (C=O) groups excluding carboxylic acids is 1. The Kier molecular flexibility index (Phi) is 13.1. The summed E-state index contributed by atoms with van der Waals surface area (Å²) >= 11 is 2.32. The molecular weight excluding hydrogens is 862 g/mol. The number of carbonyl (C=O) groups is 1. The number of aromatic nitrogens is 6. The van der Waals surface area contributed by atoms with Crippen LogP contribution in [0.5, 0.6) is 0 Å². The number of rotatable bonds is 13. The highest BCUT2D eigenvalue weighted by molar-refractivity contribution is 14.1. The maximum atomic E-state index is 13.4. The molecule has 0 saturated heterocycles. The quantitative estimate of drug-likeness (QED) is 0.0408. The Balaban J connectivity index is 1.56. The second-order valence-electron chi connectivity index (χ2n) is 19.0. The van der Waals surface area contributed by atoms with Crippen molar-refractivity contribution in [1.82, 2.24) is 34.8 Å². The van der Waals surface area contributed by atoms with E-state index in [0.717, 1.165) is 45.5 Å². The summed E-state index contributed by atoms with van der Waals surface area (Å²) in [6.07, 6.45) is 4.62. The third-order valence-electron chi connectivity index (χ3n) is 11.2. The smallest absolute Gasteiger partial charge is 0.409 e. The summed E-state index contributed by atoms with van der Waals surface area (Å²) in [6.45, 7) is 29.1. The number of aryl methyl sites for hydroxylation is 1. The number of fused-ring (bicyclic) bond motifs is 1. The zero-order chi connectivity index (χ0) is 42.2. The normalized spacial score (nSPS) is 14.2. The van der Waals surface area contributed by atoms with Gasteiger partial charge in [-0.1, -0.05) is 53.7 Å². The third kappa shape index (κ3) is 10.8. The van der Waals surface area contributed by atoms with Crippen LogP contribution in [0.2, 0.25) is 36.3 Å². The number of halogens is 1. The van der Waals surface area contributed by atoms with Gasteiger partial charge in [-0.25, -0.2) is 19.4 Å². The van der Waals surface area contributed by atoms with Gasteiger partial charge in [-0.3, -0.25) is 4.68 Å². The summed E-state index contributed by atoms with van der Waals surface area (Å²) in [5.41, 5.74) is 5.13. The molecule has 308 valence electrons. The molecule has 14 heteroatoms. The lowest BCUT2D eigenvalue weighted by Gasteiger charge is -2.36. The first-order valence-corrected chi connectivity index (χ1v) is 26.6. The Morgan fingerprint density at radius 2 is 1.51 bits per heavy atom. The molecule has 5 rings (SSSR count). The first kappa shape index (κ1) is 44.7. The maximum absolute atomic E-state index is 13.4. The van der Waals surface area contributed by atoms with Crippen molar-refractivity contribution in [3.63, 3.8) is 0 Å². The van der Waals surface area contributed by atoms with Gasteiger partial charge in [-0.05, 0) is 135 Å². The molecule has 4 heterocycles. The predicted octanol–water partition coefficient (Wildman–Crippen LogP) is 11.3. The van der Waals surface area contributed by atoms with Crippen molar-refractivity contribution in [1.29, 1.82) is 0 Å². The molecule has 0 fully saturated rings. The lowest BCUT2D eigenvalue weighted by molar-refractivity contribution is 0.0491. The molecule has 0 radical (unpaired) electrons. The van der Waals surface area contributed by atoms with E-state index in [1.165, 1.54) is 0 Å². The van der Waals surface area contributed by atoms with Gasteiger partial charge in [0.1, 0.15) is 9.15 Å². The van der Waals surface area contributed by atoms with Crippen LogP contribution in [0.4, 0.5) is 4.79 Å². The van der Waals surface area contributed by atoms with E-state index >= 15 is 0 Å². The molecule has 57 heavy (non-hydrogen) atoms. The van der Waals surface area contributed by atoms with E-state index in [0.29, 0.717) is 31.1 Å². The highest BCUT2D eigenvalue weighted by Crippen LogP contribution is 2.40. The van der Waals surface area contributed by atoms with Gasteiger partial charge in [-0.15, -0.1) is 0 Å². The summed E-state index contributed by atoms with van der Waals surface area (Å²) < 4.78 is 21.6. The number of alkyl halides is 1. The number of ether oxygens (including phenoxy) is 1. The van der Waals surface area contributed by atoms with E-state index in [4.69, 9.17) is 33.8 Å². The summed E-state index contributed by atoms with van der Waals surface area (Å²) in [4.78, 5) is 23.6. The minimum Gasteiger partial charge on any atom is -0.444 e. The zero-order valence-electron chi connectivity index (χ0n) is 36.4. The highest BCUT2D eigenvalue weighted by Gasteiger charge is 2.39. The van der Waals surface area contributed by atoms with E-state index in [9.17, 15) is 4.79 Å². The van der Waals surface area contributed by atoms with Crippen LogP contribution in [0.1, 0.15) is 86.5 Å². The van der Waals surface area contributed by atoms with Crippen molar-refractivity contribution in [2.24, 2.45) is 7.05 Å². The number of nitrogens with one attached hydrogen (secondary N) is 1. The molecule has 0 aliphatic heterocycles. The van der Waals surface area contributed by atoms with Crippen molar-refractivity contribution in [2.45, 2.75) is 127 Å². The van der Waals surface area contributed by atoms with Gasteiger partial charge in [0.15, 0.2) is 22.5 Å². The van der Waals surface area contributed by atoms with Crippen LogP contribution in [0.25, 0.3) is 39.2 Å². The summed E-state index contributed by atoms with van der Waals surface area (Å²) in [7, 11) is -2.02. The fourth-order valence-corrected chi connectivity index (χ4v) is 8.69. The maximum Gasteiger partial charge on any atom is 0.409 e. The molecular formula is C43H62IN7O4Si2. The molecule has 0 saturated carbocycles. The lowest BCUT2D eigenvalue weighted by atomic mass is 10.0. The first-order chi connectivity index (χ1) is 26.3. The molecule has 0 bridgehead atoms. The predicted molar refractivity (Wildman–Crippen MR) is 244 cm³/mol. The number of hydrogen-bond donors (Lipinski definition) is 1. The lowest BCUT2D eigenvalue weighted by Crippen LogP contribution is -2.45. The van der Waals surface area contributed by atoms with Crippen molar-refractivity contribution < 1.29 is 18.4 Å². The van der Waals surface area contributed by atoms with Crippen molar-refractivity contribution in [3.8, 4) is 28.3 Å². The molecule has 0 spiro atoms. The summed E-state index contributed by atoms with van der Waals surface area (Å²) in [5, 5.41) is 14.0. The van der Waals surface area contributed by atoms with E-state index in [1.54, 1.807) is 4.68 Å². The zero-order valence-corrected chi connectivity index (χ0v) is 40.5. The topological polar surface area (TPSA) is 118 Å². The average molecular weight is 924 g/mol. The minimum absolute atomic E-state index is 0.0915. The number of hydrogen-bond acceptors (Lipinski definition) is 8. The molecule has 0 unspecified atom stereocenters. The Hall–Kier alpha value is -3.45. The van der Waals surface area contributed by atoms with Gasteiger partial charge in [-0.2, -0.15) is 10.2 Å². The Morgan fingerprint density at radius 1 is 0.842 bits per heavy atom. The summed E-state index contributed by atoms with van der Waals surface area (Å²) in [6, 6.07) is 18.1. The monoisotopic (exact) mass is 923 g/mol. The van der Waals surface area contributed by atoms with Crippen molar-refractivity contribution >= 4 is 56.2 Å². The Labute approximate surface area is 355 Å². The fraction of sp³-hybridized carbons (Fsp3) is 0.512. The van der Waals surface area contributed by atoms with Crippen molar-refractivity contribution in [2.75, 3.05) is 6.61 Å². The van der Waals surface area contributed by atoms with Gasteiger partial charge >= 0.3 is 6.09 Å². The fourth-order valence-electron chi connectivity index (χ4n) is 5.76. The number of benzene rings is 1. The summed E-state index contributed by atoms with van der Waals surface area (Å²) in [5.74, 6) is 0.694. The molecule has 0 aliphatic carbocycles. The van der Waals surface area contributed by atoms with Crippen LogP contribution in [0, 0.1) is 0 Å². The van der Waals surface area contributed by atoms with Gasteiger partial charge in [0.2, 0.25) is 0 Å². The minimum atomic E-state index is -1.98. The first-order valence-electron chi connectivity index (χ1n) is 19.7. The SMILES string of the molecule is Cn1ccc(-c2cc(-c3cccc([C@@](I)(CCCO[Si](C)(C)C(C)(C)C)NC(=O)OC(C)(C)C)n3)cc3c2cnn3-c2cccc(CO[Si](C)(C)C(C)(C)C)n2)n1. The second-order valence-corrected chi connectivity index (χ2v) is 30.4. The van der Waals surface area contributed by atoms with E-state index < -0.39 is 31.9 Å². The van der Waals surface area contributed by atoms with Crippen LogP contribution >= 0.6 is 22.6 Å². The number of amides is 1. The van der Waals surface area contributed by atoms with Crippen molar-refractivity contribution in [3.05, 3.63) is 78.4 Å². The third-order valence-corrected chi connectivity index (χ3v) is 21.5. The van der Waals surface area contributed by atoms with Crippen LogP contribution in [0.15, 0.2) is 67.0 Å². The van der Waals surface area contributed by atoms with Crippen LogP contribution in [-0.4, -0.2) is 64.5 Å². The molecule has 5 aromatic rings. The average Bonchev–Trinajstić information content (AvgIpc) is 3.73. The van der Waals surface area contributed by atoms with Crippen LogP contribution in [0.3, 0.4) is 0 Å². The molecule has 1 N–H and O–H groups in total. The molecule has 1 aromatic carbocycles. The Morgan fingerprint density at radius 3 is 2.14 bits per heavy atom. The van der Waals surface area contributed by atoms with E-state index in [1.807, 2.05) is 87.4 Å².